The Balaban J connectivity index is 1.19. The summed E-state index contributed by atoms with van der Waals surface area (Å²) in [5.74, 6) is -1.88. The third-order valence-electron chi connectivity index (χ3n) is 21.3. The van der Waals surface area contributed by atoms with Gasteiger partial charge in [-0.1, -0.05) is 205 Å². The van der Waals surface area contributed by atoms with E-state index in [-0.39, 0.29) is 12.3 Å². The van der Waals surface area contributed by atoms with Gasteiger partial charge in [0.2, 0.25) is 17.7 Å². The van der Waals surface area contributed by atoms with Gasteiger partial charge in [0.25, 0.3) is 0 Å². The standard InChI is InChI=1S/C78H141N3O28/c1-5-7-9-11-13-15-17-19-20-21-22-23-24-25-26-27-28-30-32-34-36-38-40-42-58(90)81-51(52(89)41-39-37-35-33-31-29-18-16-14-12-10-8-6-2)48-100-76-67(97)65(95)70(55(45-84)103-76)106-77-68(98)66(96)71(56(46-85)104-77)107-78-69(99)73(109-75-60(80-50(4)88)64(94)62(92)54(44-83)102-75)72(57(47-86)105-78)108-74-59(79-49(3)87)63(93)61(91)53(43-82)101-74/h19-20,39,41,51-57,59-78,82-86,89,91-99H,5-18,21-38,40,42-48H2,1-4H3,(H,79,87)(H,80,88)(H,81,90)/b20-19-,41-39+/t51-,52+,53?,54?,55?,56?,57?,59?,60?,61-,62-,63+,64+,65+,66+,67?,68?,69?,70+,71-,72-,73+,74-,75-,76+,77-,78-/m0/s1. The third kappa shape index (κ3) is 32.8. The molecule has 0 aromatic heterocycles. The highest BCUT2D eigenvalue weighted by atomic mass is 16.8. The molecular weight excluding hydrogens is 1430 g/mol. The fourth-order valence-electron chi connectivity index (χ4n) is 14.7. The molecule has 18 N–H and O–H groups in total. The van der Waals surface area contributed by atoms with Gasteiger partial charge in [0.1, 0.15) is 122 Å². The number of rotatable bonds is 56. The Morgan fingerprint density at radius 3 is 1.07 bits per heavy atom. The van der Waals surface area contributed by atoms with E-state index >= 15 is 0 Å². The third-order valence-corrected chi connectivity index (χ3v) is 21.3. The van der Waals surface area contributed by atoms with Crippen LogP contribution in [0.1, 0.15) is 246 Å². The molecule has 0 aromatic carbocycles. The van der Waals surface area contributed by atoms with Crippen molar-refractivity contribution in [2.75, 3.05) is 39.6 Å². The van der Waals surface area contributed by atoms with Crippen LogP contribution >= 0.6 is 0 Å². The molecule has 5 aliphatic rings. The van der Waals surface area contributed by atoms with Crippen LogP contribution in [0.3, 0.4) is 0 Å². The maximum Gasteiger partial charge on any atom is 0.220 e. The fourth-order valence-corrected chi connectivity index (χ4v) is 14.7. The molecule has 27 atom stereocenters. The van der Waals surface area contributed by atoms with Crippen molar-refractivity contribution < 1.29 is 138 Å². The molecule has 5 aliphatic heterocycles. The zero-order valence-electron chi connectivity index (χ0n) is 65.2. The molecule has 5 saturated heterocycles. The van der Waals surface area contributed by atoms with E-state index in [1.807, 2.05) is 6.08 Å². The Bertz CT molecular complexity index is 2460. The number of allylic oxidation sites excluding steroid dienone is 3. The summed E-state index contributed by atoms with van der Waals surface area (Å²) < 4.78 is 59.8. The zero-order valence-corrected chi connectivity index (χ0v) is 65.2. The fraction of sp³-hybridized carbons (Fsp3) is 0.910. The van der Waals surface area contributed by atoms with E-state index in [9.17, 15) is 91.0 Å². The lowest BCUT2D eigenvalue weighted by atomic mass is 9.94. The molecule has 0 bridgehead atoms. The van der Waals surface area contributed by atoms with Gasteiger partial charge in [-0.05, 0) is 44.9 Å². The van der Waals surface area contributed by atoms with Gasteiger partial charge in [-0.25, -0.2) is 0 Å². The molecule has 0 spiro atoms. The highest BCUT2D eigenvalue weighted by Crippen LogP contribution is 2.38. The summed E-state index contributed by atoms with van der Waals surface area (Å²) in [5.41, 5.74) is 0. The number of amides is 3. The molecule has 5 heterocycles. The van der Waals surface area contributed by atoms with E-state index in [4.69, 9.17) is 47.4 Å². The molecule has 10 unspecified atom stereocenters. The molecule has 5 fully saturated rings. The van der Waals surface area contributed by atoms with Gasteiger partial charge in [0, 0.05) is 20.3 Å². The summed E-state index contributed by atoms with van der Waals surface area (Å²) in [7, 11) is 0. The summed E-state index contributed by atoms with van der Waals surface area (Å²) in [5, 5.41) is 175. The van der Waals surface area contributed by atoms with Crippen molar-refractivity contribution in [3.05, 3.63) is 24.3 Å². The minimum atomic E-state index is -2.26. The Morgan fingerprint density at radius 2 is 0.679 bits per heavy atom. The van der Waals surface area contributed by atoms with E-state index < -0.39 is 217 Å². The normalized spacial score (nSPS) is 33.7. The summed E-state index contributed by atoms with van der Waals surface area (Å²) in [6.07, 6.45) is 2.36. The van der Waals surface area contributed by atoms with E-state index in [1.54, 1.807) is 6.08 Å². The Morgan fingerprint density at radius 1 is 0.358 bits per heavy atom. The van der Waals surface area contributed by atoms with Crippen molar-refractivity contribution in [1.29, 1.82) is 0 Å². The minimum Gasteiger partial charge on any atom is -0.394 e. The van der Waals surface area contributed by atoms with Crippen molar-refractivity contribution in [2.24, 2.45) is 0 Å². The molecular formula is C78H141N3O28. The summed E-state index contributed by atoms with van der Waals surface area (Å²) >= 11 is 0. The zero-order chi connectivity index (χ0) is 79.6. The molecule has 3 amide bonds. The predicted molar refractivity (Wildman–Crippen MR) is 398 cm³/mol. The topological polar surface area (TPSA) is 483 Å². The van der Waals surface area contributed by atoms with E-state index in [2.05, 4.69) is 41.9 Å². The second-order valence-corrected chi connectivity index (χ2v) is 30.3. The van der Waals surface area contributed by atoms with Crippen molar-refractivity contribution >= 4 is 17.7 Å². The van der Waals surface area contributed by atoms with Crippen molar-refractivity contribution in [3.63, 3.8) is 0 Å². The predicted octanol–water partition coefficient (Wildman–Crippen LogP) is 2.65. The van der Waals surface area contributed by atoms with Crippen LogP contribution in [0, 0.1) is 0 Å². The van der Waals surface area contributed by atoms with Crippen LogP contribution in [0.4, 0.5) is 0 Å². The molecule has 0 aliphatic carbocycles. The van der Waals surface area contributed by atoms with Crippen LogP contribution in [0.15, 0.2) is 24.3 Å². The first kappa shape index (κ1) is 96.5. The molecule has 0 saturated carbocycles. The first-order chi connectivity index (χ1) is 52.6. The number of carbonyl (C=O) groups is 3. The van der Waals surface area contributed by atoms with Gasteiger partial charge in [-0.15, -0.1) is 0 Å². The maximum atomic E-state index is 13.6. The van der Waals surface area contributed by atoms with Crippen molar-refractivity contribution in [1.82, 2.24) is 16.0 Å². The lowest BCUT2D eigenvalue weighted by Gasteiger charge is -2.51. The highest BCUT2D eigenvalue weighted by Gasteiger charge is 2.58. The number of ether oxygens (including phenoxy) is 10. The van der Waals surface area contributed by atoms with Crippen LogP contribution in [-0.2, 0) is 61.8 Å². The van der Waals surface area contributed by atoms with Crippen LogP contribution in [0.2, 0.25) is 0 Å². The van der Waals surface area contributed by atoms with Crippen LogP contribution in [0.5, 0.6) is 0 Å². The second kappa shape index (κ2) is 54.7. The number of aliphatic hydroxyl groups is 15. The van der Waals surface area contributed by atoms with Crippen molar-refractivity contribution in [3.8, 4) is 0 Å². The SMILES string of the molecule is CCCCCCCC/C=C\CCCCCCCCCCCCCCCC(=O)N[C@@H](CO[C@@H]1OC(CO)[C@@H](O[C@@H]2OC(CO)[C@H](O[C@@H]3OC(CO)[C@H](O[C@@H]4OC(CO)[C@H](O)[C@H](O)C4NC(C)=O)[C@H](O[C@@H]4OC(CO)[C@H](O)[C@H](O)C4NC(C)=O)C3O)[C@H](O)C2O)[C@H](O)C1O)[C@H](O)/C=C/CCCCCCCCCCCCC. The molecule has 636 valence electrons. The van der Waals surface area contributed by atoms with E-state index in [1.165, 1.54) is 148 Å². The Labute approximate surface area is 645 Å². The summed E-state index contributed by atoms with van der Waals surface area (Å²) in [6.45, 7) is 1.30. The highest BCUT2D eigenvalue weighted by molar-refractivity contribution is 5.76. The lowest BCUT2D eigenvalue weighted by molar-refractivity contribution is -0.396. The first-order valence-electron chi connectivity index (χ1n) is 41.1. The number of aliphatic hydroxyl groups excluding tert-OH is 15. The van der Waals surface area contributed by atoms with Gasteiger partial charge in [-0.2, -0.15) is 0 Å². The minimum absolute atomic E-state index is 0.187. The van der Waals surface area contributed by atoms with Gasteiger partial charge in [-0.3, -0.25) is 14.4 Å². The van der Waals surface area contributed by atoms with Gasteiger partial charge in [0.05, 0.1) is 51.8 Å². The maximum absolute atomic E-state index is 13.6. The molecule has 109 heavy (non-hydrogen) atoms. The summed E-state index contributed by atoms with van der Waals surface area (Å²) in [4.78, 5) is 38.5. The first-order valence-corrected chi connectivity index (χ1v) is 41.1. The Hall–Kier alpha value is -3.11. The molecule has 0 aromatic rings. The van der Waals surface area contributed by atoms with E-state index in [0.717, 1.165) is 65.2 Å². The monoisotopic (exact) mass is 1570 g/mol. The van der Waals surface area contributed by atoms with Crippen LogP contribution in [0.25, 0.3) is 0 Å². The number of carbonyl (C=O) groups excluding carboxylic acids is 3. The molecule has 5 rings (SSSR count). The summed E-state index contributed by atoms with van der Waals surface area (Å²) in [6, 6.07) is -4.37. The quantitative estimate of drug-likeness (QED) is 0.0307. The molecule has 31 nitrogen and oxygen atoms in total. The average Bonchev–Trinajstić information content (AvgIpc) is 0.765. The van der Waals surface area contributed by atoms with Crippen LogP contribution in [-0.4, -0.2) is 300 Å². The number of unbranched alkanes of at least 4 members (excludes halogenated alkanes) is 30. The number of hydrogen-bond acceptors (Lipinski definition) is 28. The largest absolute Gasteiger partial charge is 0.394 e. The number of nitrogens with one attached hydrogen (secondary N) is 3. The van der Waals surface area contributed by atoms with Gasteiger partial charge < -0.3 is 140 Å². The second-order valence-electron chi connectivity index (χ2n) is 30.3. The van der Waals surface area contributed by atoms with Crippen LogP contribution < -0.4 is 16.0 Å². The Kier molecular flexibility index (Phi) is 48.4. The number of hydrogen-bond donors (Lipinski definition) is 18. The van der Waals surface area contributed by atoms with E-state index in [0.29, 0.717) is 12.8 Å². The lowest BCUT2D eigenvalue weighted by Crippen LogP contribution is -2.70. The van der Waals surface area contributed by atoms with Gasteiger partial charge >= 0.3 is 0 Å². The smallest absolute Gasteiger partial charge is 0.220 e. The van der Waals surface area contributed by atoms with Crippen molar-refractivity contribution in [2.45, 2.75) is 412 Å². The molecule has 31 heteroatoms. The molecule has 0 radical (unpaired) electrons. The average molecular weight is 1570 g/mol. The van der Waals surface area contributed by atoms with Gasteiger partial charge in [0.15, 0.2) is 31.5 Å².